The molecule has 2 aromatic carbocycles. The van der Waals surface area contributed by atoms with E-state index in [1.54, 1.807) is 36.0 Å². The van der Waals surface area contributed by atoms with Gasteiger partial charge in [0.1, 0.15) is 5.82 Å². The fourth-order valence-corrected chi connectivity index (χ4v) is 5.35. The minimum Gasteiger partial charge on any atom is -0.325 e. The van der Waals surface area contributed by atoms with E-state index in [1.165, 1.54) is 0 Å². The highest BCUT2D eigenvalue weighted by molar-refractivity contribution is 7.99. The number of nitrogens with zero attached hydrogens (tertiary/aromatic N) is 4. The number of nitrogens with one attached hydrogen (secondary N) is 2. The Hall–Kier alpha value is -2.88. The molecule has 194 valence electrons. The lowest BCUT2D eigenvalue weighted by Gasteiger charge is -2.07. The third kappa shape index (κ3) is 7.34. The largest absolute Gasteiger partial charge is 0.325 e. The van der Waals surface area contributed by atoms with Crippen molar-refractivity contribution in [2.45, 2.75) is 50.1 Å². The van der Waals surface area contributed by atoms with Crippen molar-refractivity contribution in [3.05, 3.63) is 74.4 Å². The van der Waals surface area contributed by atoms with Crippen LogP contribution in [0.15, 0.2) is 52.4 Å². The summed E-state index contributed by atoms with van der Waals surface area (Å²) in [4.78, 5) is 24.2. The number of carbonyl (C=O) groups is 1. The van der Waals surface area contributed by atoms with Gasteiger partial charge < -0.3 is 9.88 Å². The quantitative estimate of drug-likeness (QED) is 0.162. The Labute approximate surface area is 229 Å². The molecule has 4 aromatic rings. The van der Waals surface area contributed by atoms with Crippen LogP contribution in [0.2, 0.25) is 10.0 Å². The number of hydrogen-bond donors (Lipinski definition) is 2. The van der Waals surface area contributed by atoms with Gasteiger partial charge in [-0.05, 0) is 37.1 Å². The van der Waals surface area contributed by atoms with Gasteiger partial charge in [0.15, 0.2) is 5.16 Å². The summed E-state index contributed by atoms with van der Waals surface area (Å²) >= 11 is 13.7. The summed E-state index contributed by atoms with van der Waals surface area (Å²) in [6.45, 7) is 0. The van der Waals surface area contributed by atoms with E-state index in [-0.39, 0.29) is 11.5 Å². The summed E-state index contributed by atoms with van der Waals surface area (Å²) in [6, 6.07) is 12.5. The molecule has 0 fully saturated rings. The number of hydrogen-bond acceptors (Lipinski definition) is 6. The fourth-order valence-electron chi connectivity index (χ4n) is 3.97. The summed E-state index contributed by atoms with van der Waals surface area (Å²) in [5.74, 6) is 1.70. The summed E-state index contributed by atoms with van der Waals surface area (Å²) < 4.78 is 1.98. The van der Waals surface area contributed by atoms with Gasteiger partial charge in [-0.1, -0.05) is 72.4 Å². The second-order valence-corrected chi connectivity index (χ2v) is 10.6. The van der Waals surface area contributed by atoms with Crippen molar-refractivity contribution >= 4 is 57.3 Å². The van der Waals surface area contributed by atoms with Crippen molar-refractivity contribution in [2.24, 2.45) is 7.05 Å². The van der Waals surface area contributed by atoms with Crippen LogP contribution in [-0.4, -0.2) is 36.6 Å². The van der Waals surface area contributed by atoms with Crippen LogP contribution in [0, 0.1) is 0 Å². The van der Waals surface area contributed by atoms with E-state index < -0.39 is 0 Å². The third-order valence-electron chi connectivity index (χ3n) is 6.01. The number of H-pyrrole nitrogens is 1. The van der Waals surface area contributed by atoms with Gasteiger partial charge in [-0.3, -0.25) is 9.59 Å². The summed E-state index contributed by atoms with van der Waals surface area (Å²) in [5, 5.41) is 21.6. The van der Waals surface area contributed by atoms with Crippen LogP contribution >= 0.6 is 35.0 Å². The molecule has 0 unspecified atom stereocenters. The van der Waals surface area contributed by atoms with Gasteiger partial charge in [0, 0.05) is 29.6 Å². The second kappa shape index (κ2) is 13.1. The predicted octanol–water partition coefficient (Wildman–Crippen LogP) is 6.02. The van der Waals surface area contributed by atoms with Crippen LogP contribution in [0.25, 0.3) is 10.8 Å². The molecular formula is C26H28Cl2N6O2S. The number of halogens is 2. The van der Waals surface area contributed by atoms with E-state index in [2.05, 4.69) is 25.7 Å². The molecule has 0 aliphatic rings. The van der Waals surface area contributed by atoms with E-state index in [0.717, 1.165) is 59.9 Å². The number of benzene rings is 2. The number of amides is 1. The lowest BCUT2D eigenvalue weighted by molar-refractivity contribution is -0.116. The van der Waals surface area contributed by atoms with Crippen LogP contribution in [0.1, 0.15) is 50.0 Å². The zero-order chi connectivity index (χ0) is 26.2. The Morgan fingerprint density at radius 3 is 2.59 bits per heavy atom. The molecule has 0 aliphatic carbocycles. The first-order valence-electron chi connectivity index (χ1n) is 12.1. The zero-order valence-corrected chi connectivity index (χ0v) is 22.8. The molecule has 0 radical (unpaired) electrons. The highest BCUT2D eigenvalue weighted by Gasteiger charge is 2.13. The van der Waals surface area contributed by atoms with Gasteiger partial charge in [-0.15, -0.1) is 10.2 Å². The number of aromatic amines is 1. The van der Waals surface area contributed by atoms with Crippen molar-refractivity contribution < 1.29 is 4.79 Å². The van der Waals surface area contributed by atoms with E-state index in [1.807, 2.05) is 29.8 Å². The Bertz CT molecular complexity index is 1440. The van der Waals surface area contributed by atoms with Crippen LogP contribution in [-0.2, 0) is 18.3 Å². The van der Waals surface area contributed by atoms with E-state index in [9.17, 15) is 9.59 Å². The van der Waals surface area contributed by atoms with Crippen LogP contribution in [0.5, 0.6) is 0 Å². The van der Waals surface area contributed by atoms with E-state index >= 15 is 0 Å². The van der Waals surface area contributed by atoms with Crippen LogP contribution < -0.4 is 10.9 Å². The molecule has 2 N–H and O–H groups in total. The molecule has 0 saturated carbocycles. The Balaban J connectivity index is 1.15. The molecule has 1 amide bonds. The number of rotatable bonds is 12. The van der Waals surface area contributed by atoms with Crippen molar-refractivity contribution in [3.8, 4) is 0 Å². The van der Waals surface area contributed by atoms with E-state index in [0.29, 0.717) is 34.0 Å². The molecule has 2 heterocycles. The highest BCUT2D eigenvalue weighted by atomic mass is 35.5. The molecular weight excluding hydrogens is 531 g/mol. The van der Waals surface area contributed by atoms with Gasteiger partial charge in [-0.2, -0.15) is 5.10 Å². The van der Waals surface area contributed by atoms with Crippen molar-refractivity contribution in [1.82, 2.24) is 25.0 Å². The molecule has 0 bridgehead atoms. The monoisotopic (exact) mass is 558 g/mol. The van der Waals surface area contributed by atoms with Gasteiger partial charge >= 0.3 is 0 Å². The maximum Gasteiger partial charge on any atom is 0.272 e. The first-order valence-corrected chi connectivity index (χ1v) is 13.9. The second-order valence-electron chi connectivity index (χ2n) is 8.72. The van der Waals surface area contributed by atoms with Crippen LogP contribution in [0.4, 0.5) is 5.69 Å². The number of thioether (sulfide) groups is 1. The number of fused-ring (bicyclic) bond motifs is 1. The van der Waals surface area contributed by atoms with Gasteiger partial charge in [0.25, 0.3) is 5.56 Å². The molecule has 2 aromatic heterocycles. The SMILES string of the molecule is Cn1c(Cc2n[nH]c(=O)c3ccccc23)nnc1SCCCCCCCC(=O)Nc1ccc(Cl)cc1Cl. The first kappa shape index (κ1) is 27.2. The number of unbranched alkanes of at least 4 members (excludes halogenated alkanes) is 4. The third-order valence-corrected chi connectivity index (χ3v) is 7.66. The highest BCUT2D eigenvalue weighted by Crippen LogP contribution is 2.26. The van der Waals surface area contributed by atoms with Crippen LogP contribution in [0.3, 0.4) is 0 Å². The number of anilines is 1. The first-order chi connectivity index (χ1) is 17.9. The molecule has 0 spiro atoms. The summed E-state index contributed by atoms with van der Waals surface area (Å²) in [5.41, 5.74) is 1.16. The van der Waals surface area contributed by atoms with Crippen molar-refractivity contribution in [3.63, 3.8) is 0 Å². The molecule has 8 nitrogen and oxygen atoms in total. The van der Waals surface area contributed by atoms with Gasteiger partial charge in [-0.25, -0.2) is 5.10 Å². The predicted molar refractivity (Wildman–Crippen MR) is 150 cm³/mol. The average Bonchev–Trinajstić information content (AvgIpc) is 3.23. The minimum absolute atomic E-state index is 0.0390. The summed E-state index contributed by atoms with van der Waals surface area (Å²) in [6.07, 6.45) is 6.02. The molecule has 0 saturated heterocycles. The summed E-state index contributed by atoms with van der Waals surface area (Å²) in [7, 11) is 1.95. The van der Waals surface area contributed by atoms with Gasteiger partial charge in [0.2, 0.25) is 5.91 Å². The maximum atomic E-state index is 12.1. The normalized spacial score (nSPS) is 11.2. The molecule has 4 rings (SSSR count). The van der Waals surface area contributed by atoms with E-state index in [4.69, 9.17) is 23.2 Å². The molecule has 11 heteroatoms. The smallest absolute Gasteiger partial charge is 0.272 e. The lowest BCUT2D eigenvalue weighted by Crippen LogP contribution is -2.12. The molecule has 0 aliphatic heterocycles. The number of aromatic nitrogens is 5. The Morgan fingerprint density at radius 1 is 1.03 bits per heavy atom. The average molecular weight is 560 g/mol. The standard InChI is InChI=1S/C26H28Cl2N6O2S/c1-34-23(16-22-18-9-6-7-10-19(18)25(36)32-30-22)31-33-26(34)37-14-8-4-2-3-5-11-24(35)29-21-13-12-17(27)15-20(21)28/h6-7,9-10,12-13,15H,2-5,8,11,14,16H2,1H3,(H,29,35)(H,32,36). The number of carbonyl (C=O) groups excluding carboxylic acids is 1. The zero-order valence-electron chi connectivity index (χ0n) is 20.5. The van der Waals surface area contributed by atoms with Crippen molar-refractivity contribution in [1.29, 1.82) is 0 Å². The Morgan fingerprint density at radius 2 is 1.78 bits per heavy atom. The maximum absolute atomic E-state index is 12.1. The Kier molecular flexibility index (Phi) is 9.60. The van der Waals surface area contributed by atoms with Gasteiger partial charge in [0.05, 0.1) is 28.2 Å². The molecule has 0 atom stereocenters. The van der Waals surface area contributed by atoms with Crippen molar-refractivity contribution in [2.75, 3.05) is 11.1 Å². The fraction of sp³-hybridized carbons (Fsp3) is 0.346. The lowest BCUT2D eigenvalue weighted by atomic mass is 10.1. The molecule has 37 heavy (non-hydrogen) atoms. The topological polar surface area (TPSA) is 106 Å². The minimum atomic E-state index is -0.195.